The van der Waals surface area contributed by atoms with Crippen LogP contribution in [0.1, 0.15) is 0 Å². The summed E-state index contributed by atoms with van der Waals surface area (Å²) < 4.78 is 28.9. The van der Waals surface area contributed by atoms with Gasteiger partial charge in [-0.3, -0.25) is 0 Å². The van der Waals surface area contributed by atoms with Gasteiger partial charge in [-0.25, -0.2) is 0 Å². The molecule has 0 spiro atoms. The van der Waals surface area contributed by atoms with Crippen LogP contribution in [0.5, 0.6) is 46.0 Å². The van der Waals surface area contributed by atoms with E-state index in [1.54, 1.807) is 0 Å². The van der Waals surface area contributed by atoms with Crippen LogP contribution >= 0.6 is 0 Å². The lowest BCUT2D eigenvalue weighted by Crippen LogP contribution is -2.63. The van der Waals surface area contributed by atoms with Crippen molar-refractivity contribution < 1.29 is 18.9 Å². The van der Waals surface area contributed by atoms with E-state index in [2.05, 4.69) is 221 Å². The summed E-state index contributed by atoms with van der Waals surface area (Å²) in [6, 6.07) is 78.4. The average Bonchev–Trinajstić information content (AvgIpc) is 3.39. The van der Waals surface area contributed by atoms with E-state index in [9.17, 15) is 0 Å². The van der Waals surface area contributed by atoms with E-state index >= 15 is 0 Å². The Labute approximate surface area is 399 Å². The molecule has 0 N–H and O–H groups in total. The number of para-hydroxylation sites is 5. The molecule has 7 nitrogen and oxygen atoms in total. The fraction of sp³-hybridized carbons (Fsp3) is 0. The van der Waals surface area contributed by atoms with Gasteiger partial charge in [-0.1, -0.05) is 109 Å². The zero-order chi connectivity index (χ0) is 45.2. The van der Waals surface area contributed by atoms with Crippen LogP contribution in [0.3, 0.4) is 0 Å². The Morgan fingerprint density at radius 3 is 1.17 bits per heavy atom. The topological polar surface area (TPSA) is 46.6 Å². The molecule has 5 aliphatic rings. The molecule has 0 radical (unpaired) electrons. The Hall–Kier alpha value is -9.07. The number of rotatable bonds is 7. The third kappa shape index (κ3) is 5.71. The highest BCUT2D eigenvalue weighted by molar-refractivity contribution is 7.02. The summed E-state index contributed by atoms with van der Waals surface area (Å²) in [6.07, 6.45) is 0. The van der Waals surface area contributed by atoms with Gasteiger partial charge >= 0.3 is 0 Å². The van der Waals surface area contributed by atoms with Crippen molar-refractivity contribution in [3.8, 4) is 46.0 Å². The van der Waals surface area contributed by atoms with E-state index in [0.717, 1.165) is 130 Å². The molecule has 2 bridgehead atoms. The Morgan fingerprint density at radius 2 is 0.652 bits per heavy atom. The van der Waals surface area contributed by atoms with Crippen molar-refractivity contribution in [1.29, 1.82) is 0 Å². The fourth-order valence-corrected chi connectivity index (χ4v) is 11.3. The predicted molar refractivity (Wildman–Crippen MR) is 279 cm³/mol. The minimum atomic E-state index is -0.261. The highest BCUT2D eigenvalue weighted by Gasteiger charge is 2.49. The maximum Gasteiger partial charge on any atom is 0.265 e. The largest absolute Gasteiger partial charge is 0.458 e. The van der Waals surface area contributed by atoms with Gasteiger partial charge in [0, 0.05) is 75.0 Å². The molecule has 0 aliphatic carbocycles. The van der Waals surface area contributed by atoms with Crippen molar-refractivity contribution >= 4 is 97.4 Å². The van der Waals surface area contributed by atoms with E-state index < -0.39 is 0 Å². The van der Waals surface area contributed by atoms with Crippen LogP contribution in [0.4, 0.5) is 51.2 Å². The van der Waals surface area contributed by atoms with E-state index in [0.29, 0.717) is 0 Å². The molecule has 0 saturated heterocycles. The lowest BCUT2D eigenvalue weighted by molar-refractivity contribution is 0.451. The summed E-state index contributed by atoms with van der Waals surface area (Å²) in [4.78, 5) is 6.92. The first-order valence-corrected chi connectivity index (χ1v) is 23.4. The maximum atomic E-state index is 7.38. The standard InChI is InChI=1S/C60H37B2N3O4/c1-6-18-38(19-7-1)63(39-20-8-2-9-21-39)43-32-48-58-54(33-43)68-52-37-53-46-36-45(52)61(58)57-47(65(48)42-26-14-5-15-27-42)28-16-29-49(57)66-50-30-17-31-51-59(50)62(46)60-55(67-51)34-44(35-56(60)69-53)64(40-22-10-3-11-23-40)41-24-12-4-13-25-41/h1-37H. The van der Waals surface area contributed by atoms with Crippen LogP contribution in [0.2, 0.25) is 0 Å². The van der Waals surface area contributed by atoms with Gasteiger partial charge in [0.25, 0.3) is 13.4 Å². The molecule has 15 rings (SSSR count). The zero-order valence-corrected chi connectivity index (χ0v) is 37.0. The van der Waals surface area contributed by atoms with Gasteiger partial charge in [0.15, 0.2) is 0 Å². The molecule has 0 fully saturated rings. The fourth-order valence-electron chi connectivity index (χ4n) is 11.3. The number of nitrogens with zero attached hydrogens (tertiary/aromatic N) is 3. The molecule has 5 aliphatic heterocycles. The van der Waals surface area contributed by atoms with Gasteiger partial charge in [0.2, 0.25) is 0 Å². The van der Waals surface area contributed by atoms with Gasteiger partial charge in [0.1, 0.15) is 46.0 Å². The number of benzene rings is 10. The molecule has 0 saturated carbocycles. The average molecular weight is 886 g/mol. The normalized spacial score (nSPS) is 13.3. The van der Waals surface area contributed by atoms with E-state index in [4.69, 9.17) is 18.9 Å². The second-order valence-electron chi connectivity index (χ2n) is 18.0. The lowest BCUT2D eigenvalue weighted by Gasteiger charge is -2.43. The molecule has 9 heteroatoms. The van der Waals surface area contributed by atoms with E-state index in [1.165, 1.54) is 0 Å². The van der Waals surface area contributed by atoms with Gasteiger partial charge < -0.3 is 33.6 Å². The maximum absolute atomic E-state index is 7.38. The third-order valence-corrected chi connectivity index (χ3v) is 14.1. The second kappa shape index (κ2) is 14.7. The second-order valence-corrected chi connectivity index (χ2v) is 18.0. The van der Waals surface area contributed by atoms with Crippen LogP contribution in [0, 0.1) is 0 Å². The molecule has 5 heterocycles. The highest BCUT2D eigenvalue weighted by Crippen LogP contribution is 2.49. The lowest BCUT2D eigenvalue weighted by atomic mass is 9.31. The number of hydrogen-bond donors (Lipinski definition) is 0. The van der Waals surface area contributed by atoms with Crippen molar-refractivity contribution in [3.05, 3.63) is 224 Å². The molecule has 0 amide bonds. The SMILES string of the molecule is c1ccc(N(c2ccccc2)c2cc3c4c(c2)Oc2cccc5c2B4c2cc4c(cc2O3)Oc2cc(N(c3ccccc3)c3ccccc3)cc3c2B4c2c(cccc2N3c2ccccc2)O5)cc1. The molecule has 0 atom stereocenters. The Bertz CT molecular complexity index is 3630. The van der Waals surface area contributed by atoms with Gasteiger partial charge in [0.05, 0.1) is 11.4 Å². The number of anilines is 9. The molecule has 0 aromatic heterocycles. The smallest absolute Gasteiger partial charge is 0.265 e. The van der Waals surface area contributed by atoms with Gasteiger partial charge in [-0.15, -0.1) is 0 Å². The molecular weight excluding hydrogens is 848 g/mol. The Morgan fingerprint density at radius 1 is 0.275 bits per heavy atom. The monoisotopic (exact) mass is 885 g/mol. The molecule has 10 aromatic carbocycles. The quantitative estimate of drug-likeness (QED) is 0.148. The molecule has 69 heavy (non-hydrogen) atoms. The van der Waals surface area contributed by atoms with E-state index in [-0.39, 0.29) is 13.4 Å². The van der Waals surface area contributed by atoms with E-state index in [1.807, 2.05) is 18.2 Å². The summed E-state index contributed by atoms with van der Waals surface area (Å²) in [5.41, 5.74) is 15.3. The first kappa shape index (κ1) is 38.1. The highest BCUT2D eigenvalue weighted by atomic mass is 16.5. The minimum absolute atomic E-state index is 0.246. The first-order valence-electron chi connectivity index (χ1n) is 23.4. The van der Waals surface area contributed by atoms with Crippen LogP contribution < -0.4 is 66.4 Å². The molecular formula is C60H37B2N3O4. The van der Waals surface area contributed by atoms with Crippen molar-refractivity contribution in [2.45, 2.75) is 0 Å². The molecule has 322 valence electrons. The summed E-state index contributed by atoms with van der Waals surface area (Å²) in [6.45, 7) is -0.507. The number of hydrogen-bond acceptors (Lipinski definition) is 7. The summed E-state index contributed by atoms with van der Waals surface area (Å²) in [7, 11) is 0. The molecule has 10 aromatic rings. The minimum Gasteiger partial charge on any atom is -0.458 e. The Kier molecular flexibility index (Phi) is 8.12. The van der Waals surface area contributed by atoms with Crippen molar-refractivity contribution in [1.82, 2.24) is 0 Å². The molecule has 0 unspecified atom stereocenters. The zero-order valence-electron chi connectivity index (χ0n) is 37.0. The van der Waals surface area contributed by atoms with Crippen molar-refractivity contribution in [3.63, 3.8) is 0 Å². The van der Waals surface area contributed by atoms with Crippen LogP contribution in [-0.4, -0.2) is 13.4 Å². The van der Waals surface area contributed by atoms with Crippen molar-refractivity contribution in [2.75, 3.05) is 14.7 Å². The first-order chi connectivity index (χ1) is 34.2. The van der Waals surface area contributed by atoms with Crippen molar-refractivity contribution in [2.24, 2.45) is 0 Å². The van der Waals surface area contributed by atoms with Gasteiger partial charge in [-0.2, -0.15) is 0 Å². The summed E-state index contributed by atoms with van der Waals surface area (Å²) >= 11 is 0. The number of ether oxygens (including phenoxy) is 4. The summed E-state index contributed by atoms with van der Waals surface area (Å²) in [5, 5.41) is 0. The van der Waals surface area contributed by atoms with Crippen LogP contribution in [0.25, 0.3) is 0 Å². The van der Waals surface area contributed by atoms with Crippen LogP contribution in [-0.2, 0) is 0 Å². The Balaban J connectivity index is 0.987. The summed E-state index contributed by atoms with van der Waals surface area (Å²) in [5.74, 6) is 5.96. The van der Waals surface area contributed by atoms with Crippen LogP contribution in [0.15, 0.2) is 224 Å². The predicted octanol–water partition coefficient (Wildman–Crippen LogP) is 11.9. The third-order valence-electron chi connectivity index (χ3n) is 14.1. The van der Waals surface area contributed by atoms with Gasteiger partial charge in [-0.05, 0) is 113 Å².